The molecule has 1 aromatic rings. The predicted octanol–water partition coefficient (Wildman–Crippen LogP) is 3.05. The van der Waals surface area contributed by atoms with E-state index in [9.17, 15) is 4.39 Å². The molecule has 0 aromatic heterocycles. The van der Waals surface area contributed by atoms with Gasteiger partial charge in [0, 0.05) is 0 Å². The van der Waals surface area contributed by atoms with E-state index in [-0.39, 0.29) is 11.7 Å². The van der Waals surface area contributed by atoms with Crippen molar-refractivity contribution in [2.24, 2.45) is 5.73 Å². The number of hydrogen-bond donors (Lipinski definition) is 1. The van der Waals surface area contributed by atoms with Crippen molar-refractivity contribution in [3.8, 4) is 5.75 Å². The first kappa shape index (κ1) is 12.5. The van der Waals surface area contributed by atoms with Crippen LogP contribution in [0.5, 0.6) is 5.75 Å². The Bertz CT molecular complexity index is 344. The van der Waals surface area contributed by atoms with Crippen LogP contribution in [0.25, 0.3) is 0 Å². The van der Waals surface area contributed by atoms with Gasteiger partial charge in [-0.1, -0.05) is 6.92 Å². The van der Waals surface area contributed by atoms with Crippen LogP contribution in [-0.2, 0) is 0 Å². The van der Waals surface area contributed by atoms with Gasteiger partial charge in [0.2, 0.25) is 0 Å². The molecule has 15 heavy (non-hydrogen) atoms. The lowest BCUT2D eigenvalue weighted by atomic mass is 9.97. The summed E-state index contributed by atoms with van der Waals surface area (Å²) < 4.78 is 19.3. The molecule has 1 aromatic carbocycles. The Morgan fingerprint density at radius 1 is 1.53 bits per heavy atom. The van der Waals surface area contributed by atoms with Crippen molar-refractivity contribution in [2.45, 2.75) is 19.3 Å². The third-order valence-corrected chi connectivity index (χ3v) is 2.97. The SMILES string of the molecule is COc1cc(Br)c(F)c(C(C)CCN)c1. The standard InChI is InChI=1S/C11H15BrFNO/c1-7(3-4-14)9-5-8(15-2)6-10(12)11(9)13/h5-7H,3-4,14H2,1-2H3. The first-order valence-corrected chi connectivity index (χ1v) is 5.62. The molecule has 0 heterocycles. The Balaban J connectivity index is 3.09. The van der Waals surface area contributed by atoms with Crippen LogP contribution in [0.15, 0.2) is 16.6 Å². The zero-order valence-corrected chi connectivity index (χ0v) is 10.5. The zero-order chi connectivity index (χ0) is 11.4. The maximum Gasteiger partial charge on any atom is 0.141 e. The van der Waals surface area contributed by atoms with E-state index < -0.39 is 0 Å². The van der Waals surface area contributed by atoms with E-state index >= 15 is 0 Å². The van der Waals surface area contributed by atoms with Crippen LogP contribution in [-0.4, -0.2) is 13.7 Å². The van der Waals surface area contributed by atoms with Crippen LogP contribution in [0.1, 0.15) is 24.8 Å². The summed E-state index contributed by atoms with van der Waals surface area (Å²) in [5.74, 6) is 0.528. The molecule has 0 fully saturated rings. The summed E-state index contributed by atoms with van der Waals surface area (Å²) in [5, 5.41) is 0. The van der Waals surface area contributed by atoms with Gasteiger partial charge < -0.3 is 10.5 Å². The summed E-state index contributed by atoms with van der Waals surface area (Å²) in [7, 11) is 1.57. The summed E-state index contributed by atoms with van der Waals surface area (Å²) in [6.07, 6.45) is 0.760. The third kappa shape index (κ3) is 2.92. The molecule has 0 amide bonds. The Morgan fingerprint density at radius 2 is 2.20 bits per heavy atom. The highest BCUT2D eigenvalue weighted by molar-refractivity contribution is 9.10. The predicted molar refractivity (Wildman–Crippen MR) is 62.7 cm³/mol. The van der Waals surface area contributed by atoms with E-state index in [2.05, 4.69) is 15.9 Å². The Hall–Kier alpha value is -0.610. The second kappa shape index (κ2) is 5.47. The lowest BCUT2D eigenvalue weighted by Crippen LogP contribution is -2.06. The minimum absolute atomic E-state index is 0.0985. The largest absolute Gasteiger partial charge is 0.497 e. The Morgan fingerprint density at radius 3 is 2.73 bits per heavy atom. The van der Waals surface area contributed by atoms with Gasteiger partial charge in [0.05, 0.1) is 11.6 Å². The van der Waals surface area contributed by atoms with E-state index in [4.69, 9.17) is 10.5 Å². The van der Waals surface area contributed by atoms with Gasteiger partial charge in [0.1, 0.15) is 11.6 Å². The van der Waals surface area contributed by atoms with Gasteiger partial charge in [-0.3, -0.25) is 0 Å². The molecule has 4 heteroatoms. The van der Waals surface area contributed by atoms with Gasteiger partial charge in [0.15, 0.2) is 0 Å². The number of benzene rings is 1. The summed E-state index contributed by atoms with van der Waals surface area (Å²) in [6.45, 7) is 2.51. The number of nitrogens with two attached hydrogens (primary N) is 1. The van der Waals surface area contributed by atoms with Crippen molar-refractivity contribution in [3.63, 3.8) is 0 Å². The second-order valence-corrected chi connectivity index (χ2v) is 4.35. The van der Waals surface area contributed by atoms with Crippen molar-refractivity contribution in [3.05, 3.63) is 28.0 Å². The van der Waals surface area contributed by atoms with Gasteiger partial charge in [-0.15, -0.1) is 0 Å². The molecular weight excluding hydrogens is 261 g/mol. The fourth-order valence-corrected chi connectivity index (χ4v) is 1.92. The van der Waals surface area contributed by atoms with Crippen LogP contribution in [0.4, 0.5) is 4.39 Å². The first-order valence-electron chi connectivity index (χ1n) is 4.83. The molecule has 0 spiro atoms. The lowest BCUT2D eigenvalue weighted by Gasteiger charge is -2.14. The number of methoxy groups -OCH3 is 1. The molecule has 84 valence electrons. The van der Waals surface area contributed by atoms with Crippen LogP contribution in [0, 0.1) is 5.82 Å². The van der Waals surface area contributed by atoms with E-state index in [0.717, 1.165) is 6.42 Å². The van der Waals surface area contributed by atoms with Crippen molar-refractivity contribution >= 4 is 15.9 Å². The van der Waals surface area contributed by atoms with E-state index in [1.807, 2.05) is 6.92 Å². The number of ether oxygens (including phenoxy) is 1. The molecule has 0 aliphatic heterocycles. The zero-order valence-electron chi connectivity index (χ0n) is 8.89. The summed E-state index contributed by atoms with van der Waals surface area (Å²) in [6, 6.07) is 3.34. The third-order valence-electron chi connectivity index (χ3n) is 2.40. The minimum atomic E-state index is -0.225. The van der Waals surface area contributed by atoms with Gasteiger partial charge in [-0.2, -0.15) is 0 Å². The monoisotopic (exact) mass is 275 g/mol. The molecule has 0 radical (unpaired) electrons. The quantitative estimate of drug-likeness (QED) is 0.917. The van der Waals surface area contributed by atoms with Crippen LogP contribution in [0.3, 0.4) is 0 Å². The number of halogens is 2. The Labute approximate surface area is 97.7 Å². The molecule has 0 saturated heterocycles. The van der Waals surface area contributed by atoms with Crippen molar-refractivity contribution in [1.29, 1.82) is 0 Å². The first-order chi connectivity index (χ1) is 7.10. The topological polar surface area (TPSA) is 35.2 Å². The van der Waals surface area contributed by atoms with E-state index in [0.29, 0.717) is 22.3 Å². The molecule has 1 unspecified atom stereocenters. The van der Waals surface area contributed by atoms with Crippen LogP contribution in [0.2, 0.25) is 0 Å². The summed E-state index contributed by atoms with van der Waals surface area (Å²) >= 11 is 3.17. The maximum absolute atomic E-state index is 13.7. The number of hydrogen-bond acceptors (Lipinski definition) is 2. The van der Waals surface area contributed by atoms with E-state index in [1.54, 1.807) is 19.2 Å². The normalized spacial score (nSPS) is 12.6. The molecule has 0 aliphatic carbocycles. The fraction of sp³-hybridized carbons (Fsp3) is 0.455. The van der Waals surface area contributed by atoms with Gasteiger partial charge in [-0.05, 0) is 52.5 Å². The average Bonchev–Trinajstić information content (AvgIpc) is 2.22. The molecule has 1 atom stereocenters. The van der Waals surface area contributed by atoms with E-state index in [1.165, 1.54) is 0 Å². The molecule has 1 rings (SSSR count). The second-order valence-electron chi connectivity index (χ2n) is 3.49. The molecule has 0 saturated carbocycles. The highest BCUT2D eigenvalue weighted by Gasteiger charge is 2.14. The van der Waals surface area contributed by atoms with Crippen molar-refractivity contribution < 1.29 is 9.13 Å². The average molecular weight is 276 g/mol. The fourth-order valence-electron chi connectivity index (χ4n) is 1.47. The number of rotatable bonds is 4. The van der Waals surface area contributed by atoms with Gasteiger partial charge >= 0.3 is 0 Å². The van der Waals surface area contributed by atoms with Crippen molar-refractivity contribution in [1.82, 2.24) is 0 Å². The van der Waals surface area contributed by atoms with Gasteiger partial charge in [0.25, 0.3) is 0 Å². The maximum atomic E-state index is 13.7. The smallest absolute Gasteiger partial charge is 0.141 e. The molecule has 0 bridgehead atoms. The molecule has 2 nitrogen and oxygen atoms in total. The van der Waals surface area contributed by atoms with Crippen LogP contribution >= 0.6 is 15.9 Å². The lowest BCUT2D eigenvalue weighted by molar-refractivity contribution is 0.411. The van der Waals surface area contributed by atoms with Gasteiger partial charge in [-0.25, -0.2) is 4.39 Å². The molecular formula is C11H15BrFNO. The highest BCUT2D eigenvalue weighted by Crippen LogP contribution is 2.31. The highest BCUT2D eigenvalue weighted by atomic mass is 79.9. The molecule has 0 aliphatic rings. The Kier molecular flexibility index (Phi) is 4.54. The van der Waals surface area contributed by atoms with Crippen molar-refractivity contribution in [2.75, 3.05) is 13.7 Å². The summed E-state index contributed by atoms with van der Waals surface area (Å²) in [5.41, 5.74) is 6.11. The van der Waals surface area contributed by atoms with Crippen LogP contribution < -0.4 is 10.5 Å². The molecule has 2 N–H and O–H groups in total. The summed E-state index contributed by atoms with van der Waals surface area (Å²) in [4.78, 5) is 0. The minimum Gasteiger partial charge on any atom is -0.497 e.